The van der Waals surface area contributed by atoms with Crippen molar-refractivity contribution in [1.82, 2.24) is 4.98 Å². The fourth-order valence-electron chi connectivity index (χ4n) is 5.92. The van der Waals surface area contributed by atoms with Crippen LogP contribution in [0.4, 0.5) is 5.82 Å². The van der Waals surface area contributed by atoms with Crippen molar-refractivity contribution in [2.45, 2.75) is 58.4 Å². The van der Waals surface area contributed by atoms with Crippen LogP contribution in [0.25, 0.3) is 16.7 Å². The second-order valence-corrected chi connectivity index (χ2v) is 9.07. The van der Waals surface area contributed by atoms with Gasteiger partial charge < -0.3 is 4.90 Å². The van der Waals surface area contributed by atoms with Crippen LogP contribution in [-0.4, -0.2) is 37.2 Å². The van der Waals surface area contributed by atoms with E-state index in [0.717, 1.165) is 53.4 Å². The first-order valence-corrected chi connectivity index (χ1v) is 11.7. The average molecular weight is 404 g/mol. The molecule has 5 rings (SSSR count). The Morgan fingerprint density at radius 3 is 2.60 bits per heavy atom. The molecule has 3 aromatic rings. The number of rotatable bonds is 3. The molecule has 5 nitrogen and oxygen atoms in total. The van der Waals surface area contributed by atoms with E-state index in [0.29, 0.717) is 0 Å². The average Bonchev–Trinajstić information content (AvgIpc) is 3.18. The normalized spacial score (nSPS) is 18.9. The number of piperazine rings is 1. The van der Waals surface area contributed by atoms with Gasteiger partial charge in [-0.1, -0.05) is 25.5 Å². The minimum atomic E-state index is 0.776. The Labute approximate surface area is 178 Å². The summed E-state index contributed by atoms with van der Waals surface area (Å²) in [6, 6.07) is 11.8. The van der Waals surface area contributed by atoms with Gasteiger partial charge in [-0.15, -0.1) is 0 Å². The van der Waals surface area contributed by atoms with Crippen molar-refractivity contribution in [3.63, 3.8) is 0 Å². The van der Waals surface area contributed by atoms with Gasteiger partial charge in [0.25, 0.3) is 0 Å². The number of hydrogen-bond donors (Lipinski definition) is 2. The molecule has 1 saturated carbocycles. The summed E-state index contributed by atoms with van der Waals surface area (Å²) < 4.78 is 2.32. The third kappa shape index (κ3) is 3.06. The van der Waals surface area contributed by atoms with Gasteiger partial charge in [0.2, 0.25) is 11.5 Å². The Kier molecular flexibility index (Phi) is 5.12. The zero-order valence-electron chi connectivity index (χ0n) is 18.3. The lowest BCUT2D eigenvalue weighted by atomic mass is 9.93. The number of nitrogens with one attached hydrogen (secondary N) is 2. The zero-order chi connectivity index (χ0) is 20.7. The maximum Gasteiger partial charge on any atom is 0.250 e. The van der Waals surface area contributed by atoms with Gasteiger partial charge in [0.15, 0.2) is 0 Å². The van der Waals surface area contributed by atoms with Crippen LogP contribution in [0.2, 0.25) is 0 Å². The van der Waals surface area contributed by atoms with E-state index in [1.807, 2.05) is 4.90 Å². The molecule has 0 spiro atoms. The number of anilines is 1. The van der Waals surface area contributed by atoms with Crippen molar-refractivity contribution < 1.29 is 9.30 Å². The number of hydrogen-bond acceptors (Lipinski definition) is 2. The van der Waals surface area contributed by atoms with Crippen LogP contribution in [0, 0.1) is 18.3 Å². The van der Waals surface area contributed by atoms with Crippen molar-refractivity contribution in [1.29, 1.82) is 5.26 Å². The highest BCUT2D eigenvalue weighted by Crippen LogP contribution is 2.28. The molecule has 0 radical (unpaired) electrons. The van der Waals surface area contributed by atoms with Gasteiger partial charge in [0.1, 0.15) is 48.8 Å². The molecule has 2 aliphatic rings. The van der Waals surface area contributed by atoms with Crippen LogP contribution in [-0.2, 0) is 6.42 Å². The monoisotopic (exact) mass is 403 g/mol. The maximum absolute atomic E-state index is 9.94. The number of quaternary nitrogens is 1. The molecule has 156 valence electrons. The maximum atomic E-state index is 9.94. The van der Waals surface area contributed by atoms with Gasteiger partial charge >= 0.3 is 0 Å². The predicted molar refractivity (Wildman–Crippen MR) is 120 cm³/mol. The first kappa shape index (κ1) is 19.4. The molecule has 5 heteroatoms. The van der Waals surface area contributed by atoms with Crippen molar-refractivity contribution in [3.05, 3.63) is 41.0 Å². The first-order chi connectivity index (χ1) is 14.7. The Morgan fingerprint density at radius 1 is 1.17 bits per heavy atom. The minimum absolute atomic E-state index is 0.776. The fraction of sp³-hybridized carbons (Fsp3) is 0.520. The second-order valence-electron chi connectivity index (χ2n) is 9.07. The summed E-state index contributed by atoms with van der Waals surface area (Å²) in [6.45, 7) is 8.96. The minimum Gasteiger partial charge on any atom is -0.327 e. The van der Waals surface area contributed by atoms with E-state index >= 15 is 0 Å². The Hall–Kier alpha value is -2.58. The second kappa shape index (κ2) is 7.92. The van der Waals surface area contributed by atoms with E-state index in [4.69, 9.17) is 0 Å². The van der Waals surface area contributed by atoms with Gasteiger partial charge in [-0.05, 0) is 56.7 Å². The van der Waals surface area contributed by atoms with Crippen molar-refractivity contribution in [3.8, 4) is 6.07 Å². The largest absolute Gasteiger partial charge is 0.327 e. The number of pyridine rings is 1. The van der Waals surface area contributed by atoms with E-state index in [1.165, 1.54) is 56.6 Å². The lowest BCUT2D eigenvalue weighted by Gasteiger charge is -2.37. The molecule has 1 aliphatic carbocycles. The SMILES string of the molecule is CCc1c(C)c(C#N)c2[nH]c3ccccc3[n+]2c1N1CC[NH+](C2CCCCC2)CC1. The van der Waals surface area contributed by atoms with E-state index in [2.05, 4.69) is 58.5 Å². The molecular formula is C25H33N5+2. The van der Waals surface area contributed by atoms with Crippen molar-refractivity contribution in [2.24, 2.45) is 0 Å². The predicted octanol–water partition coefficient (Wildman–Crippen LogP) is 2.69. The smallest absolute Gasteiger partial charge is 0.250 e. The molecule has 1 aromatic carbocycles. The number of nitrogens with zero attached hydrogens (tertiary/aromatic N) is 3. The lowest BCUT2D eigenvalue weighted by molar-refractivity contribution is -0.927. The molecule has 1 aliphatic heterocycles. The molecule has 2 N–H and O–H groups in total. The summed E-state index contributed by atoms with van der Waals surface area (Å²) >= 11 is 0. The van der Waals surface area contributed by atoms with Gasteiger partial charge in [0, 0.05) is 5.56 Å². The summed E-state index contributed by atoms with van der Waals surface area (Å²) in [4.78, 5) is 7.94. The first-order valence-electron chi connectivity index (χ1n) is 11.7. The number of aromatic amines is 1. The number of imidazole rings is 1. The number of para-hydroxylation sites is 2. The van der Waals surface area contributed by atoms with E-state index < -0.39 is 0 Å². The third-order valence-electron chi connectivity index (χ3n) is 7.52. The van der Waals surface area contributed by atoms with E-state index in [1.54, 1.807) is 0 Å². The van der Waals surface area contributed by atoms with Crippen LogP contribution >= 0.6 is 0 Å². The highest BCUT2D eigenvalue weighted by molar-refractivity contribution is 5.78. The topological polar surface area (TPSA) is 51.4 Å². The fourth-order valence-corrected chi connectivity index (χ4v) is 5.92. The number of benzene rings is 1. The summed E-state index contributed by atoms with van der Waals surface area (Å²) in [5.74, 6) is 1.30. The molecule has 30 heavy (non-hydrogen) atoms. The third-order valence-corrected chi connectivity index (χ3v) is 7.52. The van der Waals surface area contributed by atoms with Crippen molar-refractivity contribution in [2.75, 3.05) is 31.1 Å². The summed E-state index contributed by atoms with van der Waals surface area (Å²) in [5.41, 5.74) is 6.41. The van der Waals surface area contributed by atoms with Gasteiger partial charge in [0.05, 0.1) is 6.04 Å². The lowest BCUT2D eigenvalue weighted by Crippen LogP contribution is -3.18. The van der Waals surface area contributed by atoms with Crippen molar-refractivity contribution >= 4 is 22.5 Å². The van der Waals surface area contributed by atoms with Gasteiger partial charge in [-0.2, -0.15) is 9.66 Å². The molecule has 1 saturated heterocycles. The number of fused-ring (bicyclic) bond motifs is 3. The molecule has 0 atom stereocenters. The molecule has 2 aromatic heterocycles. The Balaban J connectivity index is 1.59. The molecule has 2 fully saturated rings. The van der Waals surface area contributed by atoms with E-state index in [-0.39, 0.29) is 0 Å². The molecule has 0 unspecified atom stereocenters. The number of aromatic nitrogens is 2. The van der Waals surface area contributed by atoms with Crippen LogP contribution in [0.15, 0.2) is 24.3 Å². The number of nitriles is 1. The molecule has 0 amide bonds. The summed E-state index contributed by atoms with van der Waals surface area (Å²) in [6.07, 6.45) is 8.01. The van der Waals surface area contributed by atoms with Crippen LogP contribution in [0.5, 0.6) is 0 Å². The van der Waals surface area contributed by atoms with Crippen LogP contribution < -0.4 is 14.2 Å². The highest BCUT2D eigenvalue weighted by atomic mass is 15.3. The highest BCUT2D eigenvalue weighted by Gasteiger charge is 2.34. The van der Waals surface area contributed by atoms with E-state index in [9.17, 15) is 5.26 Å². The summed E-state index contributed by atoms with van der Waals surface area (Å²) in [7, 11) is 0. The number of H-pyrrole nitrogens is 1. The Morgan fingerprint density at radius 2 is 1.90 bits per heavy atom. The molecule has 3 heterocycles. The molecular weight excluding hydrogens is 370 g/mol. The van der Waals surface area contributed by atoms with Crippen LogP contribution in [0.3, 0.4) is 0 Å². The standard InChI is InChI=1S/C25H31N5/c1-3-20-18(2)21(17-26)24-27-22-11-7-8-12-23(22)30(24)25(20)29-15-13-28(14-16-29)19-9-5-4-6-10-19/h7-8,11-12,19H,3-6,9-10,13-16H2,1-2H3/p+2. The zero-order valence-corrected chi connectivity index (χ0v) is 18.3. The molecule has 0 bridgehead atoms. The Bertz CT molecular complexity index is 1110. The summed E-state index contributed by atoms with van der Waals surface area (Å²) in [5, 5.41) is 9.94. The van der Waals surface area contributed by atoms with Crippen LogP contribution in [0.1, 0.15) is 55.7 Å². The van der Waals surface area contributed by atoms with Gasteiger partial charge in [-0.25, -0.2) is 0 Å². The quantitative estimate of drug-likeness (QED) is 0.661. The van der Waals surface area contributed by atoms with Gasteiger partial charge in [-0.3, -0.25) is 9.88 Å².